The molecule has 1 aromatic rings. The smallest absolute Gasteiger partial charge is 0.337 e. The second-order valence-electron chi connectivity index (χ2n) is 4.08. The Bertz CT molecular complexity index is 445. The molecule has 0 atom stereocenters. The van der Waals surface area contributed by atoms with Crippen molar-refractivity contribution in [3.05, 3.63) is 17.7 Å². The van der Waals surface area contributed by atoms with Crippen LogP contribution < -0.4 is 15.5 Å². The third kappa shape index (κ3) is 1.54. The van der Waals surface area contributed by atoms with Crippen molar-refractivity contribution in [1.82, 2.24) is 0 Å². The number of fused-ring (bicyclic) bond motifs is 1. The number of hydrogen-bond acceptors (Lipinski definition) is 4. The van der Waals surface area contributed by atoms with E-state index in [1.807, 2.05) is 30.0 Å². The first-order valence-corrected chi connectivity index (χ1v) is 5.10. The molecule has 1 aliphatic rings. The molecule has 1 aliphatic heterocycles. The van der Waals surface area contributed by atoms with Crippen LogP contribution in [0.15, 0.2) is 12.1 Å². The number of rotatable bonds is 1. The number of anilines is 3. The lowest BCUT2D eigenvalue weighted by Crippen LogP contribution is -2.37. The summed E-state index contributed by atoms with van der Waals surface area (Å²) in [5.74, 6) is -0.939. The zero-order valence-electron chi connectivity index (χ0n) is 9.40. The SMILES string of the molecule is CN1CCN(C)c2c(C(=O)O)cc(N)cc21. The fraction of sp³-hybridized carbons (Fsp3) is 0.364. The lowest BCUT2D eigenvalue weighted by molar-refractivity contribution is 0.0697. The molecule has 0 unspecified atom stereocenters. The number of carboxylic acid groups (broad SMARTS) is 1. The molecule has 0 saturated heterocycles. The van der Waals surface area contributed by atoms with Crippen LogP contribution >= 0.6 is 0 Å². The highest BCUT2D eigenvalue weighted by molar-refractivity contribution is 6.00. The molecule has 16 heavy (non-hydrogen) atoms. The summed E-state index contributed by atoms with van der Waals surface area (Å²) in [5.41, 5.74) is 8.10. The van der Waals surface area contributed by atoms with Crippen molar-refractivity contribution in [1.29, 1.82) is 0 Å². The molecule has 86 valence electrons. The molecule has 5 nitrogen and oxygen atoms in total. The first kappa shape index (κ1) is 10.6. The van der Waals surface area contributed by atoms with Gasteiger partial charge in [-0.05, 0) is 12.1 Å². The van der Waals surface area contributed by atoms with Crippen LogP contribution in [-0.2, 0) is 0 Å². The average molecular weight is 221 g/mol. The molecular formula is C11H15N3O2. The van der Waals surface area contributed by atoms with Gasteiger partial charge in [-0.2, -0.15) is 0 Å². The highest BCUT2D eigenvalue weighted by atomic mass is 16.4. The predicted octanol–water partition coefficient (Wildman–Crippen LogP) is 0.853. The normalized spacial score (nSPS) is 14.9. The third-order valence-corrected chi connectivity index (χ3v) is 2.91. The van der Waals surface area contributed by atoms with Crippen LogP contribution in [0.4, 0.5) is 17.1 Å². The molecule has 3 N–H and O–H groups in total. The number of carboxylic acids is 1. The standard InChI is InChI=1S/C11H15N3O2/c1-13-3-4-14(2)10-8(11(15)16)5-7(12)6-9(10)13/h5-6H,3-4,12H2,1-2H3,(H,15,16). The van der Waals surface area contributed by atoms with E-state index in [9.17, 15) is 4.79 Å². The van der Waals surface area contributed by atoms with Crippen molar-refractivity contribution in [3.8, 4) is 0 Å². The van der Waals surface area contributed by atoms with Crippen molar-refractivity contribution in [2.75, 3.05) is 42.7 Å². The second kappa shape index (κ2) is 3.59. The Kier molecular flexibility index (Phi) is 2.38. The fourth-order valence-corrected chi connectivity index (χ4v) is 2.03. The van der Waals surface area contributed by atoms with Gasteiger partial charge in [0.15, 0.2) is 0 Å². The van der Waals surface area contributed by atoms with Crippen LogP contribution in [0.1, 0.15) is 10.4 Å². The summed E-state index contributed by atoms with van der Waals surface area (Å²) in [6, 6.07) is 3.33. The van der Waals surface area contributed by atoms with Crippen LogP contribution in [0.3, 0.4) is 0 Å². The van der Waals surface area contributed by atoms with Gasteiger partial charge in [-0.25, -0.2) is 4.79 Å². The Hall–Kier alpha value is -1.91. The van der Waals surface area contributed by atoms with E-state index >= 15 is 0 Å². The molecule has 0 saturated carbocycles. The van der Waals surface area contributed by atoms with Crippen LogP contribution in [0.25, 0.3) is 0 Å². The van der Waals surface area contributed by atoms with Crippen molar-refractivity contribution in [2.45, 2.75) is 0 Å². The Balaban J connectivity index is 2.68. The summed E-state index contributed by atoms with van der Waals surface area (Å²) in [6.45, 7) is 1.68. The molecule has 1 heterocycles. The Morgan fingerprint density at radius 3 is 2.56 bits per heavy atom. The Labute approximate surface area is 94.1 Å². The van der Waals surface area contributed by atoms with Crippen molar-refractivity contribution >= 4 is 23.0 Å². The van der Waals surface area contributed by atoms with Gasteiger partial charge in [-0.1, -0.05) is 0 Å². The van der Waals surface area contributed by atoms with E-state index in [4.69, 9.17) is 10.8 Å². The highest BCUT2D eigenvalue weighted by Gasteiger charge is 2.24. The van der Waals surface area contributed by atoms with Gasteiger partial charge in [0.2, 0.25) is 0 Å². The van der Waals surface area contributed by atoms with E-state index in [0.717, 1.165) is 24.5 Å². The summed E-state index contributed by atoms with van der Waals surface area (Å²) in [7, 11) is 3.84. The Morgan fingerprint density at radius 1 is 1.31 bits per heavy atom. The fourth-order valence-electron chi connectivity index (χ4n) is 2.03. The van der Waals surface area contributed by atoms with E-state index in [1.54, 1.807) is 0 Å². The predicted molar refractivity (Wildman–Crippen MR) is 64.4 cm³/mol. The minimum Gasteiger partial charge on any atom is -0.478 e. The van der Waals surface area contributed by atoms with Crippen LogP contribution in [0, 0.1) is 0 Å². The zero-order chi connectivity index (χ0) is 11.9. The van der Waals surface area contributed by atoms with Crippen molar-refractivity contribution < 1.29 is 9.90 Å². The number of carbonyl (C=O) groups is 1. The number of aromatic carboxylic acids is 1. The van der Waals surface area contributed by atoms with Gasteiger partial charge >= 0.3 is 5.97 Å². The highest BCUT2D eigenvalue weighted by Crippen LogP contribution is 2.36. The van der Waals surface area contributed by atoms with E-state index < -0.39 is 5.97 Å². The molecule has 0 aliphatic carbocycles. The summed E-state index contributed by atoms with van der Waals surface area (Å²) >= 11 is 0. The molecule has 2 rings (SSSR count). The minimum absolute atomic E-state index is 0.268. The average Bonchev–Trinajstić information content (AvgIpc) is 2.22. The second-order valence-corrected chi connectivity index (χ2v) is 4.08. The largest absolute Gasteiger partial charge is 0.478 e. The van der Waals surface area contributed by atoms with Gasteiger partial charge in [0.25, 0.3) is 0 Å². The van der Waals surface area contributed by atoms with E-state index in [2.05, 4.69) is 0 Å². The topological polar surface area (TPSA) is 69.8 Å². The molecular weight excluding hydrogens is 206 g/mol. The third-order valence-electron chi connectivity index (χ3n) is 2.91. The van der Waals surface area contributed by atoms with Gasteiger partial charge in [-0.15, -0.1) is 0 Å². The lowest BCUT2D eigenvalue weighted by Gasteiger charge is -2.35. The molecule has 0 spiro atoms. The van der Waals surface area contributed by atoms with Gasteiger partial charge in [0, 0.05) is 32.9 Å². The molecule has 0 fully saturated rings. The molecule has 5 heteroatoms. The Morgan fingerprint density at radius 2 is 1.94 bits per heavy atom. The maximum absolute atomic E-state index is 11.2. The molecule has 0 radical (unpaired) electrons. The molecule has 0 bridgehead atoms. The van der Waals surface area contributed by atoms with Crippen molar-refractivity contribution in [2.24, 2.45) is 0 Å². The monoisotopic (exact) mass is 221 g/mol. The van der Waals surface area contributed by atoms with Gasteiger partial charge in [0.05, 0.1) is 16.9 Å². The maximum Gasteiger partial charge on any atom is 0.337 e. The van der Waals surface area contributed by atoms with E-state index in [1.165, 1.54) is 6.07 Å². The van der Waals surface area contributed by atoms with Gasteiger partial charge in [0.1, 0.15) is 0 Å². The van der Waals surface area contributed by atoms with Gasteiger partial charge in [-0.3, -0.25) is 0 Å². The van der Waals surface area contributed by atoms with Crippen LogP contribution in [0.2, 0.25) is 0 Å². The first-order chi connectivity index (χ1) is 7.50. The van der Waals surface area contributed by atoms with E-state index in [0.29, 0.717) is 5.69 Å². The van der Waals surface area contributed by atoms with Crippen molar-refractivity contribution in [3.63, 3.8) is 0 Å². The van der Waals surface area contributed by atoms with E-state index in [-0.39, 0.29) is 5.56 Å². The number of likely N-dealkylation sites (N-methyl/N-ethyl adjacent to an activating group) is 2. The van der Waals surface area contributed by atoms with Crippen LogP contribution in [-0.4, -0.2) is 38.3 Å². The number of nitrogen functional groups attached to an aromatic ring is 1. The first-order valence-electron chi connectivity index (χ1n) is 5.10. The quantitative estimate of drug-likeness (QED) is 0.688. The van der Waals surface area contributed by atoms with Gasteiger partial charge < -0.3 is 20.6 Å². The molecule has 1 aromatic carbocycles. The van der Waals surface area contributed by atoms with Crippen LogP contribution in [0.5, 0.6) is 0 Å². The summed E-state index contributed by atoms with van der Waals surface area (Å²) in [6.07, 6.45) is 0. The molecule has 0 amide bonds. The number of benzene rings is 1. The number of nitrogens with zero attached hydrogens (tertiary/aromatic N) is 2. The lowest BCUT2D eigenvalue weighted by atomic mass is 10.1. The zero-order valence-corrected chi connectivity index (χ0v) is 9.40. The summed E-state index contributed by atoms with van der Waals surface area (Å²) in [4.78, 5) is 15.2. The number of nitrogens with two attached hydrogens (primary N) is 1. The summed E-state index contributed by atoms with van der Waals surface area (Å²) in [5, 5.41) is 9.17. The number of hydrogen-bond donors (Lipinski definition) is 2. The molecule has 0 aromatic heterocycles. The summed E-state index contributed by atoms with van der Waals surface area (Å²) < 4.78 is 0. The maximum atomic E-state index is 11.2. The minimum atomic E-state index is -0.939.